The Balaban J connectivity index is 2.44. The molecule has 0 saturated heterocycles. The van der Waals surface area contributed by atoms with Gasteiger partial charge in [-0.05, 0) is 11.6 Å². The molecule has 0 fully saturated rings. The van der Waals surface area contributed by atoms with E-state index in [0.717, 1.165) is 0 Å². The van der Waals surface area contributed by atoms with Crippen LogP contribution in [-0.4, -0.2) is 0 Å². The molecular formula is C12H14N2+2. The lowest BCUT2D eigenvalue weighted by atomic mass is 10.1. The van der Waals surface area contributed by atoms with Gasteiger partial charge in [0.1, 0.15) is 14.1 Å². The molecule has 0 aromatic carbocycles. The fourth-order valence-electron chi connectivity index (χ4n) is 1.45. The average Bonchev–Trinajstić information content (AvgIpc) is 2.19. The molecule has 0 spiro atoms. The first-order valence-corrected chi connectivity index (χ1v) is 4.67. The maximum atomic E-state index is 2.12. The van der Waals surface area contributed by atoms with Crippen molar-refractivity contribution in [3.63, 3.8) is 0 Å². The van der Waals surface area contributed by atoms with Crippen LogP contribution in [0.1, 0.15) is 0 Å². The highest BCUT2D eigenvalue weighted by molar-refractivity contribution is 5.60. The first-order valence-electron chi connectivity index (χ1n) is 4.67. The molecule has 14 heavy (non-hydrogen) atoms. The molecule has 0 aliphatic rings. The predicted octanol–water partition coefficient (Wildman–Crippen LogP) is 1.00. The van der Waals surface area contributed by atoms with E-state index in [1.165, 1.54) is 11.1 Å². The number of hydrogen-bond donors (Lipinski definition) is 0. The summed E-state index contributed by atoms with van der Waals surface area (Å²) in [7, 11) is 4.06. The second-order valence-electron chi connectivity index (χ2n) is 3.51. The van der Waals surface area contributed by atoms with Crippen molar-refractivity contribution in [2.45, 2.75) is 0 Å². The number of aryl methyl sites for hydroxylation is 2. The summed E-state index contributed by atoms with van der Waals surface area (Å²) in [4.78, 5) is 0. The van der Waals surface area contributed by atoms with Crippen LogP contribution < -0.4 is 9.13 Å². The smallest absolute Gasteiger partial charge is 0.176 e. The van der Waals surface area contributed by atoms with Gasteiger partial charge in [-0.2, -0.15) is 0 Å². The third-order valence-corrected chi connectivity index (χ3v) is 2.25. The van der Waals surface area contributed by atoms with Gasteiger partial charge in [-0.15, -0.1) is 0 Å². The van der Waals surface area contributed by atoms with Crippen LogP contribution in [0.4, 0.5) is 0 Å². The molecule has 2 rings (SSSR count). The molecule has 2 nitrogen and oxygen atoms in total. The summed E-state index contributed by atoms with van der Waals surface area (Å²) in [6.45, 7) is 0. The van der Waals surface area contributed by atoms with Crippen molar-refractivity contribution in [3.05, 3.63) is 49.1 Å². The van der Waals surface area contributed by atoms with Gasteiger partial charge in [-0.3, -0.25) is 0 Å². The molecule has 2 aromatic heterocycles. The second-order valence-corrected chi connectivity index (χ2v) is 3.51. The minimum absolute atomic E-state index is 1.25. The quantitative estimate of drug-likeness (QED) is 0.587. The van der Waals surface area contributed by atoms with Crippen molar-refractivity contribution in [3.8, 4) is 11.1 Å². The summed E-state index contributed by atoms with van der Waals surface area (Å²) in [6, 6.07) is 8.42. The highest BCUT2D eigenvalue weighted by Crippen LogP contribution is 2.14. The fourth-order valence-corrected chi connectivity index (χ4v) is 1.45. The Labute approximate surface area is 84.1 Å². The molecule has 0 aliphatic carbocycles. The molecular weight excluding hydrogens is 172 g/mol. The van der Waals surface area contributed by atoms with E-state index in [-0.39, 0.29) is 0 Å². The van der Waals surface area contributed by atoms with Crippen molar-refractivity contribution in [2.75, 3.05) is 0 Å². The molecule has 0 saturated carbocycles. The van der Waals surface area contributed by atoms with Gasteiger partial charge in [0.2, 0.25) is 0 Å². The van der Waals surface area contributed by atoms with E-state index >= 15 is 0 Å². The van der Waals surface area contributed by atoms with E-state index in [2.05, 4.69) is 47.4 Å². The lowest BCUT2D eigenvalue weighted by Crippen LogP contribution is -2.27. The summed E-state index contributed by atoms with van der Waals surface area (Å²) in [5.41, 5.74) is 2.50. The van der Waals surface area contributed by atoms with Crippen LogP contribution in [0.2, 0.25) is 0 Å². The van der Waals surface area contributed by atoms with Gasteiger partial charge in [0.05, 0.1) is 0 Å². The van der Waals surface area contributed by atoms with Crippen LogP contribution in [-0.2, 0) is 14.1 Å². The van der Waals surface area contributed by atoms with Crippen molar-refractivity contribution < 1.29 is 9.13 Å². The molecule has 0 atom stereocenters. The zero-order chi connectivity index (χ0) is 9.97. The maximum Gasteiger partial charge on any atom is 0.176 e. The highest BCUT2D eigenvalue weighted by Gasteiger charge is 2.02. The average molecular weight is 186 g/mol. The van der Waals surface area contributed by atoms with Crippen LogP contribution >= 0.6 is 0 Å². The van der Waals surface area contributed by atoms with Crippen molar-refractivity contribution >= 4 is 0 Å². The van der Waals surface area contributed by atoms with Crippen LogP contribution in [0, 0.1) is 0 Å². The largest absolute Gasteiger partial charge is 0.208 e. The van der Waals surface area contributed by atoms with Gasteiger partial charge in [0.15, 0.2) is 24.8 Å². The number of nitrogens with zero attached hydrogens (tertiary/aromatic N) is 2. The van der Waals surface area contributed by atoms with E-state index < -0.39 is 0 Å². The Morgan fingerprint density at radius 1 is 0.786 bits per heavy atom. The molecule has 2 heterocycles. The fraction of sp³-hybridized carbons (Fsp3) is 0.167. The minimum atomic E-state index is 1.25. The van der Waals surface area contributed by atoms with E-state index in [4.69, 9.17) is 0 Å². The lowest BCUT2D eigenvalue weighted by molar-refractivity contribution is -0.671. The molecule has 0 bridgehead atoms. The van der Waals surface area contributed by atoms with Gasteiger partial charge >= 0.3 is 0 Å². The second kappa shape index (κ2) is 3.58. The van der Waals surface area contributed by atoms with E-state index in [1.54, 1.807) is 0 Å². The predicted molar refractivity (Wildman–Crippen MR) is 54.2 cm³/mol. The topological polar surface area (TPSA) is 7.76 Å². The summed E-state index contributed by atoms with van der Waals surface area (Å²) < 4.78 is 4.09. The standard InChI is InChI=1S/C12H14N2/c1-13-8-5-11(6-9-13)12-4-3-7-14(2)10-12/h3-10H,1-2H3/q+2. The Kier molecular flexibility index (Phi) is 2.27. The highest BCUT2D eigenvalue weighted by atomic mass is 14.9. The van der Waals surface area contributed by atoms with Gasteiger partial charge in [0, 0.05) is 23.8 Å². The zero-order valence-corrected chi connectivity index (χ0v) is 8.51. The minimum Gasteiger partial charge on any atom is -0.208 e. The number of aromatic nitrogens is 2. The van der Waals surface area contributed by atoms with Crippen LogP contribution in [0.15, 0.2) is 49.1 Å². The van der Waals surface area contributed by atoms with Crippen molar-refractivity contribution in [1.82, 2.24) is 0 Å². The Bertz CT molecular complexity index is 432. The first-order chi connectivity index (χ1) is 6.75. The number of hydrogen-bond acceptors (Lipinski definition) is 0. The van der Waals surface area contributed by atoms with Crippen LogP contribution in [0.25, 0.3) is 11.1 Å². The molecule has 0 unspecified atom stereocenters. The lowest BCUT2D eigenvalue weighted by Gasteiger charge is -1.97. The number of pyridine rings is 2. The molecule has 0 aliphatic heterocycles. The molecule has 2 aromatic rings. The zero-order valence-electron chi connectivity index (χ0n) is 8.51. The molecule has 0 N–H and O–H groups in total. The molecule has 0 radical (unpaired) electrons. The van der Waals surface area contributed by atoms with E-state index in [0.29, 0.717) is 0 Å². The van der Waals surface area contributed by atoms with E-state index in [9.17, 15) is 0 Å². The Hall–Kier alpha value is -1.70. The SMILES string of the molecule is C[n+]1ccc(-c2ccc[n+](C)c2)cc1. The Morgan fingerprint density at radius 3 is 2.14 bits per heavy atom. The van der Waals surface area contributed by atoms with Gasteiger partial charge in [0.25, 0.3) is 0 Å². The normalized spacial score (nSPS) is 10.1. The third kappa shape index (κ3) is 1.79. The van der Waals surface area contributed by atoms with Crippen LogP contribution in [0.3, 0.4) is 0 Å². The molecule has 70 valence electrons. The summed E-state index contributed by atoms with van der Waals surface area (Å²) >= 11 is 0. The van der Waals surface area contributed by atoms with Crippen LogP contribution in [0.5, 0.6) is 0 Å². The summed E-state index contributed by atoms with van der Waals surface area (Å²) in [6.07, 6.45) is 8.27. The van der Waals surface area contributed by atoms with Gasteiger partial charge in [-0.1, -0.05) is 0 Å². The Morgan fingerprint density at radius 2 is 1.50 bits per heavy atom. The van der Waals surface area contributed by atoms with Gasteiger partial charge in [-0.25, -0.2) is 9.13 Å². The first kappa shape index (κ1) is 8.88. The number of rotatable bonds is 1. The van der Waals surface area contributed by atoms with Crippen molar-refractivity contribution in [2.24, 2.45) is 14.1 Å². The molecule has 2 heteroatoms. The summed E-state index contributed by atoms with van der Waals surface area (Å²) in [5, 5.41) is 0. The van der Waals surface area contributed by atoms with Crippen molar-refractivity contribution in [1.29, 1.82) is 0 Å². The molecule has 0 amide bonds. The maximum absolute atomic E-state index is 2.12. The summed E-state index contributed by atoms with van der Waals surface area (Å²) in [5.74, 6) is 0. The van der Waals surface area contributed by atoms with E-state index in [1.807, 2.05) is 24.9 Å². The monoisotopic (exact) mass is 186 g/mol. The van der Waals surface area contributed by atoms with Gasteiger partial charge < -0.3 is 0 Å². The third-order valence-electron chi connectivity index (χ3n) is 2.25.